The maximum Gasteiger partial charge on any atom is 0.269 e. The highest BCUT2D eigenvalue weighted by molar-refractivity contribution is 8.00. The highest BCUT2D eigenvalue weighted by atomic mass is 32.2. The van der Waals surface area contributed by atoms with Crippen LogP contribution in [0.1, 0.15) is 16.4 Å². The van der Waals surface area contributed by atoms with E-state index in [9.17, 15) is 14.9 Å². The average Bonchev–Trinajstić information content (AvgIpc) is 2.69. The zero-order chi connectivity index (χ0) is 19.2. The fourth-order valence-electron chi connectivity index (χ4n) is 2.64. The Labute approximate surface area is 161 Å². The van der Waals surface area contributed by atoms with Crippen molar-refractivity contribution in [3.05, 3.63) is 100 Å². The van der Waals surface area contributed by atoms with Crippen LogP contribution >= 0.6 is 11.8 Å². The van der Waals surface area contributed by atoms with Gasteiger partial charge in [0.1, 0.15) is 5.25 Å². The number of nitro groups is 1. The first-order valence-electron chi connectivity index (χ1n) is 8.37. The second kappa shape index (κ2) is 8.51. The Bertz CT molecular complexity index is 946. The van der Waals surface area contributed by atoms with Crippen LogP contribution in [0.15, 0.2) is 83.8 Å². The summed E-state index contributed by atoms with van der Waals surface area (Å²) in [7, 11) is 0. The number of nitro benzene ring substituents is 1. The van der Waals surface area contributed by atoms with E-state index < -0.39 is 10.2 Å². The molecule has 0 radical (unpaired) electrons. The minimum Gasteiger partial charge on any atom is -0.325 e. The SMILES string of the molecule is Cc1cc([N+](=O)[O-])ccc1NC(=O)C(Sc1ccccc1)c1ccccc1. The topological polar surface area (TPSA) is 72.2 Å². The second-order valence-corrected chi connectivity index (χ2v) is 7.15. The Morgan fingerprint density at radius 3 is 2.22 bits per heavy atom. The fraction of sp³-hybridized carbons (Fsp3) is 0.0952. The van der Waals surface area contributed by atoms with Gasteiger partial charge >= 0.3 is 0 Å². The molecule has 0 saturated heterocycles. The monoisotopic (exact) mass is 378 g/mol. The first-order chi connectivity index (χ1) is 13.0. The molecule has 0 bridgehead atoms. The Hall–Kier alpha value is -3.12. The van der Waals surface area contributed by atoms with Crippen molar-refractivity contribution in [3.63, 3.8) is 0 Å². The van der Waals surface area contributed by atoms with Gasteiger partial charge in [-0.25, -0.2) is 0 Å². The van der Waals surface area contributed by atoms with Crippen molar-refractivity contribution in [2.75, 3.05) is 5.32 Å². The molecule has 5 nitrogen and oxygen atoms in total. The molecule has 0 aliphatic carbocycles. The third-order valence-corrected chi connectivity index (χ3v) is 5.28. The number of anilines is 1. The first-order valence-corrected chi connectivity index (χ1v) is 9.25. The predicted molar refractivity (Wildman–Crippen MR) is 108 cm³/mol. The maximum absolute atomic E-state index is 13.0. The summed E-state index contributed by atoms with van der Waals surface area (Å²) in [5.41, 5.74) is 2.11. The van der Waals surface area contributed by atoms with Gasteiger partial charge < -0.3 is 5.32 Å². The molecule has 3 aromatic rings. The normalized spacial score (nSPS) is 11.6. The molecule has 0 spiro atoms. The number of hydrogen-bond donors (Lipinski definition) is 1. The van der Waals surface area contributed by atoms with E-state index in [1.165, 1.54) is 23.9 Å². The lowest BCUT2D eigenvalue weighted by Crippen LogP contribution is -2.19. The zero-order valence-electron chi connectivity index (χ0n) is 14.7. The van der Waals surface area contributed by atoms with Crippen LogP contribution in [0.25, 0.3) is 0 Å². The van der Waals surface area contributed by atoms with Crippen molar-refractivity contribution in [1.82, 2.24) is 0 Å². The fourth-order valence-corrected chi connectivity index (χ4v) is 3.68. The molecule has 0 aliphatic heterocycles. The van der Waals surface area contributed by atoms with Crippen LogP contribution in [-0.2, 0) is 4.79 Å². The number of benzene rings is 3. The van der Waals surface area contributed by atoms with Crippen molar-refractivity contribution in [3.8, 4) is 0 Å². The summed E-state index contributed by atoms with van der Waals surface area (Å²) in [6.07, 6.45) is 0. The summed E-state index contributed by atoms with van der Waals surface area (Å²) in [4.78, 5) is 24.5. The molecule has 0 aromatic heterocycles. The number of rotatable bonds is 6. The van der Waals surface area contributed by atoms with Gasteiger partial charge in [-0.15, -0.1) is 11.8 Å². The number of hydrogen-bond acceptors (Lipinski definition) is 4. The van der Waals surface area contributed by atoms with Crippen LogP contribution in [0.4, 0.5) is 11.4 Å². The van der Waals surface area contributed by atoms with Gasteiger partial charge in [0.2, 0.25) is 5.91 Å². The highest BCUT2D eigenvalue weighted by Gasteiger charge is 2.23. The maximum atomic E-state index is 13.0. The van der Waals surface area contributed by atoms with Crippen LogP contribution < -0.4 is 5.32 Å². The number of aryl methyl sites for hydroxylation is 1. The zero-order valence-corrected chi connectivity index (χ0v) is 15.5. The van der Waals surface area contributed by atoms with Crippen molar-refractivity contribution < 1.29 is 9.72 Å². The molecule has 1 amide bonds. The minimum atomic E-state index is -0.448. The molecule has 0 fully saturated rings. The standard InChI is InChI=1S/C21H18N2O3S/c1-15-14-17(23(25)26)12-13-19(15)22-21(24)20(16-8-4-2-5-9-16)27-18-10-6-3-7-11-18/h2-14,20H,1H3,(H,22,24). The number of thioether (sulfide) groups is 1. The van der Waals surface area contributed by atoms with Crippen LogP contribution in [0, 0.1) is 17.0 Å². The Balaban J connectivity index is 1.86. The van der Waals surface area contributed by atoms with Crippen molar-refractivity contribution >= 4 is 29.0 Å². The summed E-state index contributed by atoms with van der Waals surface area (Å²) < 4.78 is 0. The molecule has 0 heterocycles. The van der Waals surface area contributed by atoms with Gasteiger partial charge in [0.25, 0.3) is 5.69 Å². The average molecular weight is 378 g/mol. The largest absolute Gasteiger partial charge is 0.325 e. The van der Waals surface area contributed by atoms with E-state index in [4.69, 9.17) is 0 Å². The lowest BCUT2D eigenvalue weighted by molar-refractivity contribution is -0.384. The molecule has 1 N–H and O–H groups in total. The Kier molecular flexibility index (Phi) is 5.88. The van der Waals surface area contributed by atoms with E-state index in [0.29, 0.717) is 11.3 Å². The van der Waals surface area contributed by atoms with E-state index in [2.05, 4.69) is 5.32 Å². The van der Waals surface area contributed by atoms with Crippen LogP contribution in [0.5, 0.6) is 0 Å². The molecule has 3 aromatic carbocycles. The summed E-state index contributed by atoms with van der Waals surface area (Å²) >= 11 is 1.46. The number of nitrogens with one attached hydrogen (secondary N) is 1. The van der Waals surface area contributed by atoms with Gasteiger partial charge in [-0.2, -0.15) is 0 Å². The van der Waals surface area contributed by atoms with Gasteiger partial charge in [0.05, 0.1) is 4.92 Å². The van der Waals surface area contributed by atoms with Crippen molar-refractivity contribution in [2.45, 2.75) is 17.1 Å². The van der Waals surface area contributed by atoms with E-state index >= 15 is 0 Å². The predicted octanol–water partition coefficient (Wildman–Crippen LogP) is 5.38. The van der Waals surface area contributed by atoms with Gasteiger partial charge in [0.15, 0.2) is 0 Å². The molecule has 6 heteroatoms. The molecule has 0 aliphatic rings. The molecule has 0 saturated carbocycles. The summed E-state index contributed by atoms with van der Waals surface area (Å²) in [5, 5.41) is 13.4. The third-order valence-electron chi connectivity index (χ3n) is 4.02. The summed E-state index contributed by atoms with van der Waals surface area (Å²) in [6.45, 7) is 1.74. The minimum absolute atomic E-state index is 0.00349. The number of carbonyl (C=O) groups is 1. The van der Waals surface area contributed by atoms with E-state index in [1.807, 2.05) is 60.7 Å². The molecule has 136 valence electrons. The molecule has 27 heavy (non-hydrogen) atoms. The van der Waals surface area contributed by atoms with E-state index in [-0.39, 0.29) is 11.6 Å². The second-order valence-electron chi connectivity index (χ2n) is 5.97. The van der Waals surface area contributed by atoms with Gasteiger partial charge in [-0.1, -0.05) is 48.5 Å². The Morgan fingerprint density at radius 1 is 1.00 bits per heavy atom. The third kappa shape index (κ3) is 4.74. The number of carbonyl (C=O) groups excluding carboxylic acids is 1. The van der Waals surface area contributed by atoms with Crippen molar-refractivity contribution in [1.29, 1.82) is 0 Å². The molecular formula is C21H18N2O3S. The quantitative estimate of drug-likeness (QED) is 0.355. The number of non-ortho nitro benzene ring substituents is 1. The van der Waals surface area contributed by atoms with Crippen LogP contribution in [-0.4, -0.2) is 10.8 Å². The first kappa shape index (κ1) is 18.7. The number of nitrogens with zero attached hydrogens (tertiary/aromatic N) is 1. The molecule has 3 rings (SSSR count). The molecule has 1 unspecified atom stereocenters. The summed E-state index contributed by atoms with van der Waals surface area (Å²) in [6, 6.07) is 23.7. The lowest BCUT2D eigenvalue weighted by atomic mass is 10.1. The smallest absolute Gasteiger partial charge is 0.269 e. The molecule has 1 atom stereocenters. The van der Waals surface area contributed by atoms with Gasteiger partial charge in [0, 0.05) is 22.7 Å². The van der Waals surface area contributed by atoms with E-state index in [0.717, 1.165) is 10.5 Å². The van der Waals surface area contributed by atoms with Gasteiger partial charge in [-0.3, -0.25) is 14.9 Å². The lowest BCUT2D eigenvalue weighted by Gasteiger charge is -2.18. The summed E-state index contributed by atoms with van der Waals surface area (Å²) in [5.74, 6) is -0.174. The number of amides is 1. The highest BCUT2D eigenvalue weighted by Crippen LogP contribution is 2.36. The van der Waals surface area contributed by atoms with E-state index in [1.54, 1.807) is 13.0 Å². The van der Waals surface area contributed by atoms with Gasteiger partial charge in [-0.05, 0) is 36.2 Å². The van der Waals surface area contributed by atoms with Crippen molar-refractivity contribution in [2.24, 2.45) is 0 Å². The van der Waals surface area contributed by atoms with Crippen LogP contribution in [0.3, 0.4) is 0 Å². The van der Waals surface area contributed by atoms with Crippen LogP contribution in [0.2, 0.25) is 0 Å². The molecular weight excluding hydrogens is 360 g/mol. The Morgan fingerprint density at radius 2 is 1.63 bits per heavy atom.